The molecule has 1 aromatic rings. The van der Waals surface area contributed by atoms with Crippen LogP contribution in [0.4, 0.5) is 5.82 Å². The molecule has 1 N–H and O–H groups in total. The van der Waals surface area contributed by atoms with E-state index in [0.717, 1.165) is 24.5 Å². The summed E-state index contributed by atoms with van der Waals surface area (Å²) in [6.45, 7) is 3.14. The number of aromatic nitrogens is 2. The van der Waals surface area contributed by atoms with E-state index in [2.05, 4.69) is 14.9 Å². The zero-order valence-electron chi connectivity index (χ0n) is 9.06. The van der Waals surface area contributed by atoms with Crippen molar-refractivity contribution < 1.29 is 5.11 Å². The molecule has 4 nitrogen and oxygen atoms in total. The summed E-state index contributed by atoms with van der Waals surface area (Å²) in [7, 11) is 0. The zero-order valence-corrected chi connectivity index (χ0v) is 9.06. The third kappa shape index (κ3) is 2.09. The van der Waals surface area contributed by atoms with E-state index in [1.165, 1.54) is 12.8 Å². The minimum atomic E-state index is 0.204. The van der Waals surface area contributed by atoms with Gasteiger partial charge in [-0.15, -0.1) is 0 Å². The highest BCUT2D eigenvalue weighted by Crippen LogP contribution is 2.24. The smallest absolute Gasteiger partial charge is 0.150 e. The molecule has 1 aliphatic heterocycles. The van der Waals surface area contributed by atoms with Crippen LogP contribution in [0.2, 0.25) is 0 Å². The maximum atomic E-state index is 9.32. The van der Waals surface area contributed by atoms with Gasteiger partial charge in [0.1, 0.15) is 5.82 Å². The van der Waals surface area contributed by atoms with Gasteiger partial charge in [0, 0.05) is 18.9 Å². The highest BCUT2D eigenvalue weighted by molar-refractivity contribution is 5.43. The summed E-state index contributed by atoms with van der Waals surface area (Å²) >= 11 is 0. The molecule has 1 fully saturated rings. The average Bonchev–Trinajstić information content (AvgIpc) is 2.30. The molecule has 2 rings (SSSR count). The lowest BCUT2D eigenvalue weighted by Crippen LogP contribution is -2.42. The van der Waals surface area contributed by atoms with Crippen LogP contribution >= 0.6 is 0 Å². The molecular formula is C11H17N3O. The van der Waals surface area contributed by atoms with Crippen molar-refractivity contribution in [1.29, 1.82) is 0 Å². The number of hydrogen-bond acceptors (Lipinski definition) is 4. The van der Waals surface area contributed by atoms with Gasteiger partial charge < -0.3 is 10.0 Å². The van der Waals surface area contributed by atoms with Gasteiger partial charge in [0.15, 0.2) is 0 Å². The molecule has 0 saturated carbocycles. The topological polar surface area (TPSA) is 49.2 Å². The molecule has 82 valence electrons. The summed E-state index contributed by atoms with van der Waals surface area (Å²) < 4.78 is 0. The third-order valence-electron chi connectivity index (χ3n) is 2.97. The highest BCUT2D eigenvalue weighted by atomic mass is 16.3. The third-order valence-corrected chi connectivity index (χ3v) is 2.97. The van der Waals surface area contributed by atoms with E-state index in [9.17, 15) is 5.11 Å². The first kappa shape index (κ1) is 10.4. The van der Waals surface area contributed by atoms with Crippen molar-refractivity contribution in [3.05, 3.63) is 18.1 Å². The normalized spacial score (nSPS) is 21.7. The summed E-state index contributed by atoms with van der Waals surface area (Å²) in [6, 6.07) is 0.217. The molecule has 1 aromatic heterocycles. The standard InChI is InChI=1S/C11H17N3O/c1-9-11(13-6-5-12-9)14-7-3-2-4-10(14)8-15/h5-6,10,15H,2-4,7-8H2,1H3. The zero-order chi connectivity index (χ0) is 10.7. The lowest BCUT2D eigenvalue weighted by atomic mass is 10.0. The van der Waals surface area contributed by atoms with E-state index in [4.69, 9.17) is 0 Å². The minimum absolute atomic E-state index is 0.204. The maximum Gasteiger partial charge on any atom is 0.150 e. The number of aliphatic hydroxyl groups is 1. The van der Waals surface area contributed by atoms with Crippen LogP contribution in [0.3, 0.4) is 0 Å². The Kier molecular flexibility index (Phi) is 3.16. The number of hydrogen-bond donors (Lipinski definition) is 1. The van der Waals surface area contributed by atoms with Crippen LogP contribution in [0.1, 0.15) is 25.0 Å². The summed E-state index contributed by atoms with van der Waals surface area (Å²) in [6.07, 6.45) is 6.84. The number of aryl methyl sites for hydroxylation is 1. The molecule has 1 unspecified atom stereocenters. The molecule has 1 aliphatic rings. The fourth-order valence-corrected chi connectivity index (χ4v) is 2.15. The molecular weight excluding hydrogens is 190 g/mol. The summed E-state index contributed by atoms with van der Waals surface area (Å²) in [4.78, 5) is 10.8. The van der Waals surface area contributed by atoms with Gasteiger partial charge in [-0.25, -0.2) is 4.98 Å². The second kappa shape index (κ2) is 4.57. The Hall–Kier alpha value is -1.16. The predicted octanol–water partition coefficient (Wildman–Crippen LogP) is 1.14. The lowest BCUT2D eigenvalue weighted by molar-refractivity contribution is 0.239. The first-order valence-corrected chi connectivity index (χ1v) is 5.48. The number of piperidine rings is 1. The first-order valence-electron chi connectivity index (χ1n) is 5.48. The van der Waals surface area contributed by atoms with Crippen LogP contribution in [0.15, 0.2) is 12.4 Å². The van der Waals surface area contributed by atoms with Gasteiger partial charge in [0.05, 0.1) is 18.3 Å². The van der Waals surface area contributed by atoms with Gasteiger partial charge in [-0.3, -0.25) is 4.98 Å². The number of rotatable bonds is 2. The monoisotopic (exact) mass is 207 g/mol. The largest absolute Gasteiger partial charge is 0.394 e. The van der Waals surface area contributed by atoms with Crippen LogP contribution in [0.5, 0.6) is 0 Å². The highest BCUT2D eigenvalue weighted by Gasteiger charge is 2.23. The molecule has 1 saturated heterocycles. The molecule has 15 heavy (non-hydrogen) atoms. The van der Waals surface area contributed by atoms with Crippen LogP contribution in [-0.4, -0.2) is 34.3 Å². The molecule has 0 radical (unpaired) electrons. The van der Waals surface area contributed by atoms with Crippen molar-refractivity contribution in [1.82, 2.24) is 9.97 Å². The fraction of sp³-hybridized carbons (Fsp3) is 0.636. The quantitative estimate of drug-likeness (QED) is 0.790. The van der Waals surface area contributed by atoms with Gasteiger partial charge in [-0.05, 0) is 26.2 Å². The maximum absolute atomic E-state index is 9.32. The molecule has 4 heteroatoms. The van der Waals surface area contributed by atoms with Crippen molar-refractivity contribution in [3.63, 3.8) is 0 Å². The van der Waals surface area contributed by atoms with Crippen LogP contribution in [-0.2, 0) is 0 Å². The van der Waals surface area contributed by atoms with E-state index >= 15 is 0 Å². The summed E-state index contributed by atoms with van der Waals surface area (Å²) in [5.74, 6) is 0.927. The van der Waals surface area contributed by atoms with Crippen LogP contribution in [0.25, 0.3) is 0 Å². The predicted molar refractivity (Wildman–Crippen MR) is 58.8 cm³/mol. The van der Waals surface area contributed by atoms with Gasteiger partial charge >= 0.3 is 0 Å². The molecule has 2 heterocycles. The Labute approximate surface area is 90.0 Å². The fourth-order valence-electron chi connectivity index (χ4n) is 2.15. The number of anilines is 1. The molecule has 0 aliphatic carbocycles. The molecule has 0 bridgehead atoms. The van der Waals surface area contributed by atoms with Crippen molar-refractivity contribution in [2.75, 3.05) is 18.1 Å². The Morgan fingerprint density at radius 2 is 2.20 bits per heavy atom. The van der Waals surface area contributed by atoms with Gasteiger partial charge in [0.25, 0.3) is 0 Å². The van der Waals surface area contributed by atoms with E-state index in [0.29, 0.717) is 0 Å². The minimum Gasteiger partial charge on any atom is -0.394 e. The van der Waals surface area contributed by atoms with Crippen LogP contribution < -0.4 is 4.90 Å². The molecule has 1 atom stereocenters. The molecule has 0 amide bonds. The second-order valence-electron chi connectivity index (χ2n) is 3.99. The van der Waals surface area contributed by atoms with E-state index in [1.54, 1.807) is 12.4 Å². The van der Waals surface area contributed by atoms with Crippen molar-refractivity contribution in [2.45, 2.75) is 32.2 Å². The van der Waals surface area contributed by atoms with Gasteiger partial charge in [-0.1, -0.05) is 0 Å². The Morgan fingerprint density at radius 1 is 1.40 bits per heavy atom. The van der Waals surface area contributed by atoms with Gasteiger partial charge in [-0.2, -0.15) is 0 Å². The molecule has 0 spiro atoms. The SMILES string of the molecule is Cc1nccnc1N1CCCCC1CO. The van der Waals surface area contributed by atoms with Gasteiger partial charge in [0.2, 0.25) is 0 Å². The van der Waals surface area contributed by atoms with Crippen molar-refractivity contribution in [3.8, 4) is 0 Å². The lowest BCUT2D eigenvalue weighted by Gasteiger charge is -2.35. The average molecular weight is 207 g/mol. The van der Waals surface area contributed by atoms with Crippen molar-refractivity contribution in [2.24, 2.45) is 0 Å². The van der Waals surface area contributed by atoms with Crippen LogP contribution in [0, 0.1) is 6.92 Å². The van der Waals surface area contributed by atoms with E-state index < -0.39 is 0 Å². The summed E-state index contributed by atoms with van der Waals surface area (Å²) in [5.41, 5.74) is 0.942. The number of nitrogens with zero attached hydrogens (tertiary/aromatic N) is 3. The van der Waals surface area contributed by atoms with E-state index in [-0.39, 0.29) is 12.6 Å². The first-order chi connectivity index (χ1) is 7.33. The Balaban J connectivity index is 2.24. The second-order valence-corrected chi connectivity index (χ2v) is 3.99. The van der Waals surface area contributed by atoms with Crippen molar-refractivity contribution >= 4 is 5.82 Å². The Bertz CT molecular complexity index is 329. The number of aliphatic hydroxyl groups excluding tert-OH is 1. The van der Waals surface area contributed by atoms with E-state index in [1.807, 2.05) is 6.92 Å². The Morgan fingerprint density at radius 3 is 2.93 bits per heavy atom. The molecule has 0 aromatic carbocycles. The summed E-state index contributed by atoms with van der Waals surface area (Å²) in [5, 5.41) is 9.32.